The van der Waals surface area contributed by atoms with E-state index in [2.05, 4.69) is 55.4 Å². The Morgan fingerprint density at radius 2 is 1.78 bits per heavy atom. The molecule has 0 aliphatic carbocycles. The van der Waals surface area contributed by atoms with E-state index in [4.69, 9.17) is 11.6 Å². The molecule has 0 saturated carbocycles. The van der Waals surface area contributed by atoms with Crippen LogP contribution in [0.3, 0.4) is 0 Å². The Kier molecular flexibility index (Phi) is 6.69. The molecule has 1 aromatic heterocycles. The topological polar surface area (TPSA) is 92.1 Å². The molecule has 32 heavy (non-hydrogen) atoms. The van der Waals surface area contributed by atoms with E-state index in [-0.39, 0.29) is 22.6 Å². The first-order valence-electron chi connectivity index (χ1n) is 10.8. The van der Waals surface area contributed by atoms with Crippen LogP contribution in [0.25, 0.3) is 16.7 Å². The van der Waals surface area contributed by atoms with Crippen molar-refractivity contribution in [1.29, 1.82) is 0 Å². The Morgan fingerprint density at radius 1 is 1.09 bits per heavy atom. The maximum absolute atomic E-state index is 12.4. The van der Waals surface area contributed by atoms with Crippen molar-refractivity contribution >= 4 is 34.4 Å². The number of hydrogen-bond acceptors (Lipinski definition) is 4. The smallest absolute Gasteiger partial charge is 0.319 e. The second-order valence-electron chi connectivity index (χ2n) is 10.0. The van der Waals surface area contributed by atoms with Crippen molar-refractivity contribution in [2.24, 2.45) is 5.41 Å². The van der Waals surface area contributed by atoms with E-state index >= 15 is 0 Å². The summed E-state index contributed by atoms with van der Waals surface area (Å²) in [6.45, 7) is 13.4. The average molecular weight is 458 g/mol. The fourth-order valence-corrected chi connectivity index (χ4v) is 4.25. The number of halogens is 1. The summed E-state index contributed by atoms with van der Waals surface area (Å²) in [6.07, 6.45) is 1.71. The first-order valence-corrected chi connectivity index (χ1v) is 11.2. The average Bonchev–Trinajstić information content (AvgIpc) is 3.08. The molecule has 0 radical (unpaired) electrons. The van der Waals surface area contributed by atoms with Gasteiger partial charge in [0, 0.05) is 11.6 Å². The molecule has 1 heterocycles. The number of benzene rings is 2. The minimum atomic E-state index is -0.371. The van der Waals surface area contributed by atoms with Crippen molar-refractivity contribution in [3.8, 4) is 11.4 Å². The van der Waals surface area contributed by atoms with Crippen molar-refractivity contribution < 1.29 is 9.90 Å². The SMILES string of the molecule is CCCNC(=O)Nc1cc(C(C)(C)CC(C)(C)C)cc(-n2nc3ccc(Cl)cc3n2)c1O. The first-order chi connectivity index (χ1) is 14.9. The molecule has 0 spiro atoms. The molecular formula is C24H32ClN5O2. The van der Waals surface area contributed by atoms with Crippen LogP contribution in [0.15, 0.2) is 30.3 Å². The first kappa shape index (κ1) is 23.9. The van der Waals surface area contributed by atoms with Crippen molar-refractivity contribution in [1.82, 2.24) is 20.3 Å². The van der Waals surface area contributed by atoms with E-state index in [1.807, 2.05) is 19.1 Å². The lowest BCUT2D eigenvalue weighted by molar-refractivity contribution is 0.252. The summed E-state index contributed by atoms with van der Waals surface area (Å²) in [5, 5.41) is 26.2. The number of nitrogens with zero attached hydrogens (tertiary/aromatic N) is 3. The van der Waals surface area contributed by atoms with Gasteiger partial charge in [0.2, 0.25) is 0 Å². The Morgan fingerprint density at radius 3 is 2.44 bits per heavy atom. The van der Waals surface area contributed by atoms with Gasteiger partial charge in [-0.25, -0.2) is 4.79 Å². The van der Waals surface area contributed by atoms with Crippen LogP contribution in [-0.2, 0) is 5.41 Å². The fourth-order valence-electron chi connectivity index (χ4n) is 4.09. The quantitative estimate of drug-likeness (QED) is 0.394. The molecular weight excluding hydrogens is 426 g/mol. The Labute approximate surface area is 194 Å². The standard InChI is InChI=1S/C24H32ClN5O2/c1-7-10-26-22(32)27-19-11-15(24(5,6)14-23(2,3)4)12-20(21(19)31)30-28-17-9-8-16(25)13-18(17)29-30/h8-9,11-13,31H,7,10,14H2,1-6H3,(H2,26,27,32). The highest BCUT2D eigenvalue weighted by atomic mass is 35.5. The number of aromatic nitrogens is 3. The molecule has 8 heteroatoms. The predicted octanol–water partition coefficient (Wildman–Crippen LogP) is 6.02. The van der Waals surface area contributed by atoms with Gasteiger partial charge in [-0.15, -0.1) is 15.0 Å². The van der Waals surface area contributed by atoms with Gasteiger partial charge < -0.3 is 15.7 Å². The summed E-state index contributed by atoms with van der Waals surface area (Å²) >= 11 is 6.10. The summed E-state index contributed by atoms with van der Waals surface area (Å²) in [5.41, 5.74) is 2.80. The number of anilines is 1. The van der Waals surface area contributed by atoms with Crippen LogP contribution in [0.1, 0.15) is 59.9 Å². The second kappa shape index (κ2) is 8.98. The third kappa shape index (κ3) is 5.51. The summed E-state index contributed by atoms with van der Waals surface area (Å²) < 4.78 is 0. The zero-order valence-corrected chi connectivity index (χ0v) is 20.3. The number of phenols is 1. The van der Waals surface area contributed by atoms with Gasteiger partial charge in [0.25, 0.3) is 0 Å². The Bertz CT molecular complexity index is 1130. The number of amides is 2. The van der Waals surface area contributed by atoms with Crippen LogP contribution in [0.5, 0.6) is 5.75 Å². The van der Waals surface area contributed by atoms with Crippen LogP contribution in [0.2, 0.25) is 5.02 Å². The molecule has 3 N–H and O–H groups in total. The van der Waals surface area contributed by atoms with E-state index in [9.17, 15) is 9.90 Å². The highest BCUT2D eigenvalue weighted by Gasteiger charge is 2.29. The largest absolute Gasteiger partial charge is 0.504 e. The minimum absolute atomic E-state index is 0.0863. The van der Waals surface area contributed by atoms with Crippen LogP contribution < -0.4 is 10.6 Å². The second-order valence-corrected chi connectivity index (χ2v) is 10.5. The van der Waals surface area contributed by atoms with Gasteiger partial charge in [-0.05, 0) is 59.6 Å². The number of carbonyl (C=O) groups excluding carboxylic acids is 1. The zero-order chi connectivity index (χ0) is 23.7. The van der Waals surface area contributed by atoms with Crippen molar-refractivity contribution in [3.05, 3.63) is 40.9 Å². The van der Waals surface area contributed by atoms with Gasteiger partial charge >= 0.3 is 6.03 Å². The van der Waals surface area contributed by atoms with Crippen LogP contribution >= 0.6 is 11.6 Å². The van der Waals surface area contributed by atoms with E-state index in [0.29, 0.717) is 34.0 Å². The maximum Gasteiger partial charge on any atom is 0.319 e. The highest BCUT2D eigenvalue weighted by molar-refractivity contribution is 6.31. The maximum atomic E-state index is 12.4. The number of urea groups is 1. The molecule has 0 saturated heterocycles. The number of rotatable bonds is 6. The molecule has 3 aromatic rings. The molecule has 0 fully saturated rings. The van der Waals surface area contributed by atoms with Crippen LogP contribution in [-0.4, -0.2) is 32.7 Å². The zero-order valence-electron chi connectivity index (χ0n) is 19.6. The van der Waals surface area contributed by atoms with Crippen LogP contribution in [0.4, 0.5) is 10.5 Å². The van der Waals surface area contributed by atoms with Gasteiger partial charge in [-0.1, -0.05) is 53.1 Å². The number of hydrogen-bond donors (Lipinski definition) is 3. The number of aromatic hydroxyl groups is 1. The molecule has 3 rings (SSSR count). The third-order valence-corrected chi connectivity index (χ3v) is 5.42. The number of phenolic OH excluding ortho intramolecular Hbond substituents is 1. The lowest BCUT2D eigenvalue weighted by Crippen LogP contribution is -2.30. The van der Waals surface area contributed by atoms with Gasteiger partial charge in [0.05, 0.1) is 5.69 Å². The third-order valence-electron chi connectivity index (χ3n) is 5.19. The molecule has 2 aromatic carbocycles. The summed E-state index contributed by atoms with van der Waals surface area (Å²) in [5.74, 6) is -0.0987. The summed E-state index contributed by atoms with van der Waals surface area (Å²) in [6, 6.07) is 8.60. The highest BCUT2D eigenvalue weighted by Crippen LogP contribution is 2.41. The monoisotopic (exact) mass is 457 g/mol. The van der Waals surface area contributed by atoms with E-state index in [1.54, 1.807) is 18.2 Å². The normalized spacial score (nSPS) is 12.2. The van der Waals surface area contributed by atoms with Crippen molar-refractivity contribution in [2.45, 2.75) is 59.8 Å². The van der Waals surface area contributed by atoms with Crippen molar-refractivity contribution in [2.75, 3.05) is 11.9 Å². The minimum Gasteiger partial charge on any atom is -0.504 e. The fraction of sp³-hybridized carbons (Fsp3) is 0.458. The molecule has 172 valence electrons. The molecule has 7 nitrogen and oxygen atoms in total. The number of carbonyl (C=O) groups is 1. The van der Waals surface area contributed by atoms with E-state index in [1.165, 1.54) is 4.80 Å². The molecule has 0 unspecified atom stereocenters. The molecule has 0 bridgehead atoms. The van der Waals surface area contributed by atoms with E-state index < -0.39 is 0 Å². The molecule has 0 atom stereocenters. The summed E-state index contributed by atoms with van der Waals surface area (Å²) in [4.78, 5) is 13.7. The van der Waals surface area contributed by atoms with E-state index in [0.717, 1.165) is 18.4 Å². The molecule has 2 amide bonds. The number of fused-ring (bicyclic) bond motifs is 1. The van der Waals surface area contributed by atoms with Gasteiger partial charge in [-0.3, -0.25) is 0 Å². The lowest BCUT2D eigenvalue weighted by Gasteiger charge is -2.33. The summed E-state index contributed by atoms with van der Waals surface area (Å²) in [7, 11) is 0. The van der Waals surface area contributed by atoms with Crippen LogP contribution in [0, 0.1) is 5.41 Å². The van der Waals surface area contributed by atoms with Gasteiger partial charge in [-0.2, -0.15) is 0 Å². The Hall–Kier alpha value is -2.80. The Balaban J connectivity index is 2.13. The van der Waals surface area contributed by atoms with Gasteiger partial charge in [0.15, 0.2) is 5.75 Å². The number of nitrogens with one attached hydrogen (secondary N) is 2. The lowest BCUT2D eigenvalue weighted by atomic mass is 9.72. The van der Waals surface area contributed by atoms with Crippen molar-refractivity contribution in [3.63, 3.8) is 0 Å². The molecule has 0 aliphatic rings. The predicted molar refractivity (Wildman–Crippen MR) is 130 cm³/mol. The molecule has 0 aliphatic heterocycles. The van der Waals surface area contributed by atoms with Gasteiger partial charge in [0.1, 0.15) is 16.7 Å².